The Morgan fingerprint density at radius 3 is 2.54 bits per heavy atom. The SMILES string of the molecule is CC(NC(=O)NCCC(O)(c1nccn1C)C(F)(F)F)c1ccc(Cl)c(Cl)c1. The van der Waals surface area contributed by atoms with Gasteiger partial charge in [0.25, 0.3) is 0 Å². The number of benzene rings is 1. The number of aromatic nitrogens is 2. The van der Waals surface area contributed by atoms with Crippen LogP contribution in [0.2, 0.25) is 10.0 Å². The molecule has 2 aromatic rings. The molecule has 6 nitrogen and oxygen atoms in total. The fourth-order valence-electron chi connectivity index (χ4n) is 2.61. The van der Waals surface area contributed by atoms with E-state index in [0.29, 0.717) is 15.6 Å². The first-order valence-electron chi connectivity index (χ1n) is 8.22. The van der Waals surface area contributed by atoms with Gasteiger partial charge in [-0.3, -0.25) is 0 Å². The number of aliphatic hydroxyl groups is 1. The number of halogens is 5. The largest absolute Gasteiger partial charge is 0.424 e. The molecule has 0 saturated carbocycles. The molecule has 0 saturated heterocycles. The molecule has 28 heavy (non-hydrogen) atoms. The van der Waals surface area contributed by atoms with Crippen LogP contribution in [-0.2, 0) is 12.6 Å². The number of aryl methyl sites for hydroxylation is 1. The standard InChI is InChI=1S/C17H19Cl2F3N4O2/c1-10(11-3-4-12(18)13(19)9-11)25-15(27)24-6-5-16(28,17(20,21)22)14-23-7-8-26(14)2/h3-4,7-10,28H,5-6H2,1-2H3,(H2,24,25,27). The first-order chi connectivity index (χ1) is 13.0. The molecule has 2 unspecified atom stereocenters. The van der Waals surface area contributed by atoms with Gasteiger partial charge >= 0.3 is 12.2 Å². The average molecular weight is 439 g/mol. The van der Waals surface area contributed by atoms with Gasteiger partial charge in [0.15, 0.2) is 0 Å². The zero-order chi connectivity index (χ0) is 21.1. The van der Waals surface area contributed by atoms with E-state index >= 15 is 0 Å². The summed E-state index contributed by atoms with van der Waals surface area (Å²) in [5, 5.41) is 15.8. The van der Waals surface area contributed by atoms with E-state index in [9.17, 15) is 23.1 Å². The lowest BCUT2D eigenvalue weighted by Gasteiger charge is -2.30. The van der Waals surface area contributed by atoms with Crippen LogP contribution >= 0.6 is 23.2 Å². The van der Waals surface area contributed by atoms with Crippen LogP contribution in [0, 0.1) is 0 Å². The molecular weight excluding hydrogens is 420 g/mol. The number of imidazole rings is 1. The van der Waals surface area contributed by atoms with Crippen LogP contribution in [0.1, 0.15) is 30.8 Å². The molecule has 2 rings (SSSR count). The van der Waals surface area contributed by atoms with E-state index in [2.05, 4.69) is 15.6 Å². The molecule has 0 spiro atoms. The number of amides is 2. The number of nitrogens with zero attached hydrogens (tertiary/aromatic N) is 2. The van der Waals surface area contributed by atoms with Gasteiger partial charge in [0.2, 0.25) is 5.60 Å². The molecule has 1 heterocycles. The monoisotopic (exact) mass is 438 g/mol. The Morgan fingerprint density at radius 2 is 2.00 bits per heavy atom. The Labute approximate surface area is 169 Å². The van der Waals surface area contributed by atoms with Crippen molar-refractivity contribution in [2.45, 2.75) is 31.2 Å². The lowest BCUT2D eigenvalue weighted by molar-refractivity contribution is -0.272. The van der Waals surface area contributed by atoms with Gasteiger partial charge in [-0.15, -0.1) is 0 Å². The molecule has 0 radical (unpaired) electrons. The number of carbonyl (C=O) groups excluding carboxylic acids is 1. The Morgan fingerprint density at radius 1 is 1.32 bits per heavy atom. The van der Waals surface area contributed by atoms with Gasteiger partial charge in [0, 0.05) is 32.4 Å². The normalized spacial score (nSPS) is 15.0. The summed E-state index contributed by atoms with van der Waals surface area (Å²) in [5.74, 6) is -0.550. The van der Waals surface area contributed by atoms with Crippen LogP contribution in [0.3, 0.4) is 0 Å². The second kappa shape index (κ2) is 8.59. The third-order valence-corrected chi connectivity index (χ3v) is 4.96. The maximum atomic E-state index is 13.4. The number of nitrogens with one attached hydrogen (secondary N) is 2. The maximum absolute atomic E-state index is 13.4. The van der Waals surface area contributed by atoms with Crippen molar-refractivity contribution >= 4 is 29.2 Å². The van der Waals surface area contributed by atoms with Gasteiger partial charge in [-0.1, -0.05) is 29.3 Å². The van der Waals surface area contributed by atoms with Crippen LogP contribution in [0.4, 0.5) is 18.0 Å². The third-order valence-electron chi connectivity index (χ3n) is 4.22. The predicted molar refractivity (Wildman–Crippen MR) is 99.2 cm³/mol. The van der Waals surface area contributed by atoms with Gasteiger partial charge < -0.3 is 20.3 Å². The van der Waals surface area contributed by atoms with Crippen molar-refractivity contribution in [2.75, 3.05) is 6.54 Å². The molecule has 0 aliphatic rings. The van der Waals surface area contributed by atoms with Crippen molar-refractivity contribution < 1.29 is 23.1 Å². The van der Waals surface area contributed by atoms with Crippen LogP contribution in [-0.4, -0.2) is 33.4 Å². The van der Waals surface area contributed by atoms with Crippen LogP contribution in [0.25, 0.3) is 0 Å². The molecular formula is C17H19Cl2F3N4O2. The van der Waals surface area contributed by atoms with Gasteiger partial charge in [-0.25, -0.2) is 9.78 Å². The summed E-state index contributed by atoms with van der Waals surface area (Å²) >= 11 is 11.8. The van der Waals surface area contributed by atoms with Gasteiger partial charge in [0.05, 0.1) is 16.1 Å². The minimum atomic E-state index is -4.96. The van der Waals surface area contributed by atoms with Gasteiger partial charge in [-0.2, -0.15) is 13.2 Å². The number of carbonyl (C=O) groups is 1. The second-order valence-electron chi connectivity index (χ2n) is 6.27. The summed E-state index contributed by atoms with van der Waals surface area (Å²) < 4.78 is 41.3. The Balaban J connectivity index is 1.97. The molecule has 0 bridgehead atoms. The molecule has 1 aromatic carbocycles. The lowest BCUT2D eigenvalue weighted by Crippen LogP contribution is -2.47. The highest BCUT2D eigenvalue weighted by atomic mass is 35.5. The highest BCUT2D eigenvalue weighted by Crippen LogP contribution is 2.40. The van der Waals surface area contributed by atoms with Crippen molar-refractivity contribution in [2.24, 2.45) is 7.05 Å². The Bertz CT molecular complexity index is 844. The number of urea groups is 1. The maximum Gasteiger partial charge on any atom is 0.424 e. The van der Waals surface area contributed by atoms with Crippen LogP contribution in [0.15, 0.2) is 30.6 Å². The summed E-state index contributed by atoms with van der Waals surface area (Å²) in [6.07, 6.45) is -3.30. The highest BCUT2D eigenvalue weighted by Gasteiger charge is 2.57. The molecule has 0 fully saturated rings. The number of hydrogen-bond donors (Lipinski definition) is 3. The van der Waals surface area contributed by atoms with Crippen molar-refractivity contribution in [1.82, 2.24) is 20.2 Å². The minimum Gasteiger partial charge on any atom is -0.374 e. The van der Waals surface area contributed by atoms with Gasteiger partial charge in [-0.05, 0) is 24.6 Å². The summed E-state index contributed by atoms with van der Waals surface area (Å²) in [6, 6.07) is 3.67. The zero-order valence-electron chi connectivity index (χ0n) is 15.0. The summed E-state index contributed by atoms with van der Waals surface area (Å²) in [7, 11) is 1.35. The average Bonchev–Trinajstić information content (AvgIpc) is 3.02. The van der Waals surface area contributed by atoms with Crippen molar-refractivity contribution in [3.8, 4) is 0 Å². The quantitative estimate of drug-likeness (QED) is 0.639. The second-order valence-corrected chi connectivity index (χ2v) is 7.08. The highest BCUT2D eigenvalue weighted by molar-refractivity contribution is 6.42. The summed E-state index contributed by atoms with van der Waals surface area (Å²) in [6.45, 7) is 1.25. The van der Waals surface area contributed by atoms with Crippen molar-refractivity contribution in [3.05, 3.63) is 52.0 Å². The molecule has 0 aliphatic carbocycles. The number of rotatable bonds is 6. The predicted octanol–water partition coefficient (Wildman–Crippen LogP) is 3.93. The summed E-state index contributed by atoms with van der Waals surface area (Å²) in [4.78, 5) is 15.6. The minimum absolute atomic E-state index is 0.318. The molecule has 3 N–H and O–H groups in total. The van der Waals surface area contributed by atoms with E-state index in [-0.39, 0.29) is 0 Å². The van der Waals surface area contributed by atoms with Crippen molar-refractivity contribution in [3.63, 3.8) is 0 Å². The Kier molecular flexibility index (Phi) is 6.84. The molecule has 2 amide bonds. The number of hydrogen-bond acceptors (Lipinski definition) is 3. The third kappa shape index (κ3) is 4.89. The number of alkyl halides is 3. The molecule has 2 atom stereocenters. The van der Waals surface area contributed by atoms with Crippen LogP contribution < -0.4 is 10.6 Å². The van der Waals surface area contributed by atoms with Crippen LogP contribution in [0.5, 0.6) is 0 Å². The van der Waals surface area contributed by atoms with Crippen molar-refractivity contribution in [1.29, 1.82) is 0 Å². The van der Waals surface area contributed by atoms with E-state index in [0.717, 1.165) is 10.8 Å². The van der Waals surface area contributed by atoms with E-state index in [1.807, 2.05) is 0 Å². The lowest BCUT2D eigenvalue weighted by atomic mass is 9.97. The first-order valence-corrected chi connectivity index (χ1v) is 8.97. The van der Waals surface area contributed by atoms with Gasteiger partial charge in [0.1, 0.15) is 5.82 Å². The van der Waals surface area contributed by atoms with E-state index < -0.39 is 42.6 Å². The summed E-state index contributed by atoms with van der Waals surface area (Å²) in [5.41, 5.74) is -2.52. The molecule has 11 heteroatoms. The van der Waals surface area contributed by atoms with E-state index in [1.54, 1.807) is 25.1 Å². The fraction of sp³-hybridized carbons (Fsp3) is 0.412. The molecule has 154 valence electrons. The fourth-order valence-corrected chi connectivity index (χ4v) is 2.92. The first kappa shape index (κ1) is 22.3. The van der Waals surface area contributed by atoms with E-state index in [4.69, 9.17) is 23.2 Å². The molecule has 1 aromatic heterocycles. The topological polar surface area (TPSA) is 79.2 Å². The molecule has 0 aliphatic heterocycles. The zero-order valence-corrected chi connectivity index (χ0v) is 16.5. The Hall–Kier alpha value is -1.97. The smallest absolute Gasteiger partial charge is 0.374 e. The van der Waals surface area contributed by atoms with E-state index in [1.165, 1.54) is 13.2 Å².